The van der Waals surface area contributed by atoms with Crippen LogP contribution in [0.2, 0.25) is 0 Å². The van der Waals surface area contributed by atoms with Gasteiger partial charge in [0.15, 0.2) is 0 Å². The Morgan fingerprint density at radius 3 is 2.71 bits per heavy atom. The molecule has 1 amide bonds. The summed E-state index contributed by atoms with van der Waals surface area (Å²) in [6.07, 6.45) is 2.51. The molecule has 1 fully saturated rings. The Balaban J connectivity index is 1.42. The molecule has 0 bridgehead atoms. The van der Waals surface area contributed by atoms with Crippen LogP contribution >= 0.6 is 0 Å². The number of nitrogens with zero attached hydrogens (tertiary/aromatic N) is 1. The number of aromatic nitrogens is 1. The summed E-state index contributed by atoms with van der Waals surface area (Å²) in [4.78, 5) is 17.1. The van der Waals surface area contributed by atoms with Crippen molar-refractivity contribution in [3.63, 3.8) is 0 Å². The fraction of sp³-hybridized carbons (Fsp3) is 0.280. The Hall–Kier alpha value is -3.30. The van der Waals surface area contributed by atoms with Gasteiger partial charge in [0, 0.05) is 28.9 Å². The number of sulfonamides is 1. The van der Waals surface area contributed by atoms with Crippen LogP contribution < -0.4 is 9.46 Å². The van der Waals surface area contributed by atoms with Crippen LogP contribution in [-0.4, -0.2) is 36.3 Å². The predicted octanol–water partition coefficient (Wildman–Crippen LogP) is 3.39. The minimum atomic E-state index is -3.75. The highest BCUT2D eigenvalue weighted by atomic mass is 32.2. The molecule has 1 aliphatic heterocycles. The number of carbonyl (C=O) groups excluding carboxylic acids is 1. The van der Waals surface area contributed by atoms with E-state index >= 15 is 0 Å². The molecule has 0 saturated heterocycles. The lowest BCUT2D eigenvalue weighted by molar-refractivity contribution is 0.0503. The van der Waals surface area contributed by atoms with Gasteiger partial charge in [0.05, 0.1) is 18.0 Å². The average Bonchev–Trinajstić information content (AvgIpc) is 3.67. The number of rotatable bonds is 6. The Bertz CT molecular complexity index is 1340. The highest BCUT2D eigenvalue weighted by Gasteiger charge is 2.37. The number of aliphatic hydroxyl groups excluding tert-OH is 1. The van der Waals surface area contributed by atoms with Gasteiger partial charge in [0.2, 0.25) is 10.0 Å². The first-order valence-corrected chi connectivity index (χ1v) is 12.6. The molecule has 2 N–H and O–H groups in total. The van der Waals surface area contributed by atoms with Crippen molar-refractivity contribution in [2.75, 3.05) is 6.61 Å². The monoisotopic (exact) mass is 482 g/mol. The summed E-state index contributed by atoms with van der Waals surface area (Å²) < 4.78 is 46.6. The molecule has 0 spiro atoms. The van der Waals surface area contributed by atoms with Crippen LogP contribution in [0.3, 0.4) is 0 Å². The fourth-order valence-corrected chi connectivity index (χ4v) is 5.46. The number of halogens is 1. The lowest BCUT2D eigenvalue weighted by atomic mass is 9.88. The second-order valence-corrected chi connectivity index (χ2v) is 10.6. The lowest BCUT2D eigenvalue weighted by Gasteiger charge is -2.30. The van der Waals surface area contributed by atoms with E-state index in [1.807, 2.05) is 18.2 Å². The standard InChI is InChI=1S/C25H23FN2O5S/c26-17-5-9-20(25(30)28-34(31,32)19-6-7-19)22(13-17)15-4-8-21-23(12-15)33-14-16(24(21)29)11-18-3-1-2-10-27-18/h1-5,8-10,12-13,16,19,24,29H,6-7,11,14H2,(H,28,30)/t16-,24+/m1/s1. The van der Waals surface area contributed by atoms with Crippen LogP contribution in [0.25, 0.3) is 11.1 Å². The van der Waals surface area contributed by atoms with Gasteiger partial charge < -0.3 is 9.84 Å². The molecule has 2 atom stereocenters. The average molecular weight is 483 g/mol. The van der Waals surface area contributed by atoms with E-state index in [-0.39, 0.29) is 23.7 Å². The van der Waals surface area contributed by atoms with Crippen molar-refractivity contribution in [2.24, 2.45) is 5.92 Å². The van der Waals surface area contributed by atoms with E-state index in [2.05, 4.69) is 9.71 Å². The van der Waals surface area contributed by atoms with E-state index in [1.165, 1.54) is 12.1 Å². The molecule has 5 rings (SSSR count). The molecule has 7 nitrogen and oxygen atoms in total. The first-order chi connectivity index (χ1) is 16.3. The third kappa shape index (κ3) is 4.53. The summed E-state index contributed by atoms with van der Waals surface area (Å²) in [6.45, 7) is 0.268. The van der Waals surface area contributed by atoms with Gasteiger partial charge in [0.1, 0.15) is 11.6 Å². The Labute approximate surface area is 196 Å². The van der Waals surface area contributed by atoms with Crippen molar-refractivity contribution in [2.45, 2.75) is 30.6 Å². The molecule has 3 aromatic rings. The molecule has 1 aliphatic carbocycles. The number of hydrogen-bond acceptors (Lipinski definition) is 6. The first-order valence-electron chi connectivity index (χ1n) is 11.0. The molecule has 2 aromatic carbocycles. The van der Waals surface area contributed by atoms with E-state index in [1.54, 1.807) is 24.4 Å². The summed E-state index contributed by atoms with van der Waals surface area (Å²) in [6, 6.07) is 14.2. The number of pyridine rings is 1. The number of amides is 1. The molecule has 2 aliphatic rings. The molecule has 176 valence electrons. The molecule has 2 heterocycles. The van der Waals surface area contributed by atoms with Crippen molar-refractivity contribution in [3.05, 3.63) is 83.4 Å². The normalized spacial score (nSPS) is 19.7. The van der Waals surface area contributed by atoms with Crippen molar-refractivity contribution in [3.8, 4) is 16.9 Å². The smallest absolute Gasteiger partial charge is 0.265 e. The van der Waals surface area contributed by atoms with Crippen molar-refractivity contribution in [1.29, 1.82) is 0 Å². The van der Waals surface area contributed by atoms with Crippen molar-refractivity contribution >= 4 is 15.9 Å². The van der Waals surface area contributed by atoms with E-state index in [4.69, 9.17) is 4.74 Å². The van der Waals surface area contributed by atoms with Gasteiger partial charge in [-0.2, -0.15) is 0 Å². The maximum Gasteiger partial charge on any atom is 0.265 e. The van der Waals surface area contributed by atoms with Crippen LogP contribution in [0.4, 0.5) is 4.39 Å². The Kier molecular flexibility index (Phi) is 5.83. The zero-order chi connectivity index (χ0) is 23.9. The van der Waals surface area contributed by atoms with Crippen molar-refractivity contribution in [1.82, 2.24) is 9.71 Å². The number of hydrogen-bond donors (Lipinski definition) is 2. The van der Waals surface area contributed by atoms with Crippen LogP contribution in [0, 0.1) is 11.7 Å². The first kappa shape index (κ1) is 22.5. The third-order valence-electron chi connectivity index (χ3n) is 6.16. The van der Waals surface area contributed by atoms with Gasteiger partial charge in [-0.3, -0.25) is 9.78 Å². The van der Waals surface area contributed by atoms with Gasteiger partial charge in [0.25, 0.3) is 5.91 Å². The molecule has 0 radical (unpaired) electrons. The Morgan fingerprint density at radius 1 is 1.15 bits per heavy atom. The molecule has 1 saturated carbocycles. The van der Waals surface area contributed by atoms with E-state index in [0.717, 1.165) is 11.8 Å². The molecule has 1 aromatic heterocycles. The topological polar surface area (TPSA) is 106 Å². The SMILES string of the molecule is O=C(NS(=O)(=O)C1CC1)c1ccc(F)cc1-c1ccc2c(c1)OC[C@@H](Cc1ccccn1)[C@@H]2O. The largest absolute Gasteiger partial charge is 0.493 e. The highest BCUT2D eigenvalue weighted by Crippen LogP contribution is 2.40. The fourth-order valence-electron chi connectivity index (χ4n) is 4.17. The van der Waals surface area contributed by atoms with Gasteiger partial charge in [-0.1, -0.05) is 18.2 Å². The van der Waals surface area contributed by atoms with Crippen molar-refractivity contribution < 1.29 is 27.4 Å². The van der Waals surface area contributed by atoms with Crippen LogP contribution in [0.15, 0.2) is 60.8 Å². The molecular formula is C25H23FN2O5S. The summed E-state index contributed by atoms with van der Waals surface area (Å²) in [5.41, 5.74) is 2.19. The molecule has 34 heavy (non-hydrogen) atoms. The van der Waals surface area contributed by atoms with Gasteiger partial charge >= 0.3 is 0 Å². The van der Waals surface area contributed by atoms with Gasteiger partial charge in [-0.25, -0.2) is 17.5 Å². The van der Waals surface area contributed by atoms with E-state index in [0.29, 0.717) is 36.1 Å². The highest BCUT2D eigenvalue weighted by molar-refractivity contribution is 7.91. The minimum Gasteiger partial charge on any atom is -0.493 e. The maximum absolute atomic E-state index is 14.1. The number of ether oxygens (including phenoxy) is 1. The quantitative estimate of drug-likeness (QED) is 0.558. The molecular weight excluding hydrogens is 459 g/mol. The maximum atomic E-state index is 14.1. The number of carbonyl (C=O) groups is 1. The molecule has 0 unspecified atom stereocenters. The zero-order valence-electron chi connectivity index (χ0n) is 18.1. The van der Waals surface area contributed by atoms with Crippen LogP contribution in [0.1, 0.15) is 40.6 Å². The van der Waals surface area contributed by atoms with Crippen LogP contribution in [0.5, 0.6) is 5.75 Å². The second kappa shape index (κ2) is 8.81. The number of fused-ring (bicyclic) bond motifs is 1. The zero-order valence-corrected chi connectivity index (χ0v) is 19.0. The third-order valence-corrected chi connectivity index (χ3v) is 7.98. The van der Waals surface area contributed by atoms with E-state index < -0.39 is 33.1 Å². The number of nitrogens with one attached hydrogen (secondary N) is 1. The molecule has 9 heteroatoms. The number of aliphatic hydroxyl groups is 1. The summed E-state index contributed by atoms with van der Waals surface area (Å²) in [5.74, 6) is -1.12. The lowest BCUT2D eigenvalue weighted by Crippen LogP contribution is -2.33. The van der Waals surface area contributed by atoms with Gasteiger partial charge in [-0.05, 0) is 66.8 Å². The predicted molar refractivity (Wildman–Crippen MR) is 123 cm³/mol. The minimum absolute atomic E-state index is 0.0370. The summed E-state index contributed by atoms with van der Waals surface area (Å²) in [5, 5.41) is 10.4. The van der Waals surface area contributed by atoms with E-state index in [9.17, 15) is 22.7 Å². The summed E-state index contributed by atoms with van der Waals surface area (Å²) >= 11 is 0. The Morgan fingerprint density at radius 2 is 1.97 bits per heavy atom. The summed E-state index contributed by atoms with van der Waals surface area (Å²) in [7, 11) is -3.75. The number of benzene rings is 2. The van der Waals surface area contributed by atoms with Gasteiger partial charge in [-0.15, -0.1) is 0 Å². The van der Waals surface area contributed by atoms with Crippen LogP contribution in [-0.2, 0) is 16.4 Å². The second-order valence-electron chi connectivity index (χ2n) is 8.66.